The number of rotatable bonds is 3. The summed E-state index contributed by atoms with van der Waals surface area (Å²) in [6, 6.07) is 0. The molecule has 60 valence electrons. The van der Waals surface area contributed by atoms with Crippen LogP contribution in [0.5, 0.6) is 0 Å². The van der Waals surface area contributed by atoms with Gasteiger partial charge >= 0.3 is 5.97 Å². The Morgan fingerprint density at radius 3 is 2.50 bits per heavy atom. The van der Waals surface area contributed by atoms with Crippen LogP contribution >= 0.6 is 0 Å². The van der Waals surface area contributed by atoms with Crippen molar-refractivity contribution in [3.63, 3.8) is 0 Å². The van der Waals surface area contributed by atoms with E-state index in [1.165, 1.54) is 6.92 Å². The van der Waals surface area contributed by atoms with Gasteiger partial charge in [-0.05, 0) is 20.5 Å². The van der Waals surface area contributed by atoms with Crippen LogP contribution in [0.25, 0.3) is 0 Å². The summed E-state index contributed by atoms with van der Waals surface area (Å²) >= 11 is 0. The quantitative estimate of drug-likeness (QED) is 0.435. The molecule has 0 saturated carbocycles. The van der Waals surface area contributed by atoms with Gasteiger partial charge in [-0.25, -0.2) is 0 Å². The van der Waals surface area contributed by atoms with Gasteiger partial charge in [0, 0.05) is 6.92 Å². The highest BCUT2D eigenvalue weighted by molar-refractivity contribution is 5.66. The summed E-state index contributed by atoms with van der Waals surface area (Å²) in [6.45, 7) is 6.17. The number of nitrogens with zero attached hydrogens (tertiary/aromatic N) is 1. The molecule has 3 nitrogen and oxygen atoms in total. The third kappa shape index (κ3) is 3.45. The van der Waals surface area contributed by atoms with Gasteiger partial charge in [0.15, 0.2) is 6.23 Å². The van der Waals surface area contributed by atoms with Crippen LogP contribution in [0.15, 0.2) is 0 Å². The van der Waals surface area contributed by atoms with Gasteiger partial charge in [0.1, 0.15) is 0 Å². The molecule has 0 aliphatic carbocycles. The Hall–Kier alpha value is -0.570. The van der Waals surface area contributed by atoms with Crippen molar-refractivity contribution in [1.82, 2.24) is 4.90 Å². The van der Waals surface area contributed by atoms with E-state index < -0.39 is 0 Å². The number of carbonyl (C=O) groups excluding carboxylic acids is 1. The predicted molar refractivity (Wildman–Crippen MR) is 39.5 cm³/mol. The molecule has 0 rings (SSSR count). The zero-order valence-corrected chi connectivity index (χ0v) is 7.05. The summed E-state index contributed by atoms with van der Waals surface area (Å²) in [5, 5.41) is 0. The van der Waals surface area contributed by atoms with Crippen molar-refractivity contribution >= 4 is 5.97 Å². The standard InChI is InChI=1S/C7H15NO2/c1-5-8(4)6(2)10-7(3)9/h6H,5H2,1-4H3. The maximum atomic E-state index is 10.4. The summed E-state index contributed by atoms with van der Waals surface area (Å²) in [7, 11) is 1.91. The first-order chi connectivity index (χ1) is 4.57. The molecule has 0 heterocycles. The maximum absolute atomic E-state index is 10.4. The summed E-state index contributed by atoms with van der Waals surface area (Å²) < 4.78 is 4.89. The monoisotopic (exact) mass is 145 g/mol. The van der Waals surface area contributed by atoms with Gasteiger partial charge in [0.2, 0.25) is 0 Å². The minimum absolute atomic E-state index is 0.109. The normalized spacial score (nSPS) is 13.3. The van der Waals surface area contributed by atoms with Crippen molar-refractivity contribution in [2.24, 2.45) is 0 Å². The van der Waals surface area contributed by atoms with Gasteiger partial charge in [-0.15, -0.1) is 0 Å². The zero-order chi connectivity index (χ0) is 8.15. The van der Waals surface area contributed by atoms with E-state index in [4.69, 9.17) is 4.74 Å². The highest BCUT2D eigenvalue weighted by Crippen LogP contribution is 1.96. The Labute approximate surface area is 62.0 Å². The second kappa shape index (κ2) is 4.28. The lowest BCUT2D eigenvalue weighted by atomic mass is 10.5. The van der Waals surface area contributed by atoms with Crippen LogP contribution in [-0.2, 0) is 9.53 Å². The molecular formula is C7H15NO2. The summed E-state index contributed by atoms with van der Waals surface area (Å²) in [6.07, 6.45) is -0.109. The molecule has 0 spiro atoms. The highest BCUT2D eigenvalue weighted by Gasteiger charge is 2.08. The van der Waals surface area contributed by atoms with E-state index in [-0.39, 0.29) is 12.2 Å². The van der Waals surface area contributed by atoms with Crippen molar-refractivity contribution in [3.05, 3.63) is 0 Å². The maximum Gasteiger partial charge on any atom is 0.304 e. The molecule has 3 heteroatoms. The molecular weight excluding hydrogens is 130 g/mol. The van der Waals surface area contributed by atoms with Gasteiger partial charge in [-0.1, -0.05) is 6.92 Å². The number of carbonyl (C=O) groups is 1. The highest BCUT2D eigenvalue weighted by atomic mass is 16.6. The summed E-state index contributed by atoms with van der Waals surface area (Å²) in [4.78, 5) is 12.4. The lowest BCUT2D eigenvalue weighted by Gasteiger charge is -2.21. The number of ether oxygens (including phenoxy) is 1. The fraction of sp³-hybridized carbons (Fsp3) is 0.857. The molecule has 0 aromatic heterocycles. The van der Waals surface area contributed by atoms with Crippen LogP contribution in [-0.4, -0.2) is 30.7 Å². The van der Waals surface area contributed by atoms with Gasteiger partial charge in [0.05, 0.1) is 0 Å². The molecule has 0 saturated heterocycles. The van der Waals surface area contributed by atoms with Crippen LogP contribution in [0.3, 0.4) is 0 Å². The van der Waals surface area contributed by atoms with E-state index in [1.807, 2.05) is 25.8 Å². The van der Waals surface area contributed by atoms with Gasteiger partial charge in [0.25, 0.3) is 0 Å². The van der Waals surface area contributed by atoms with Crippen molar-refractivity contribution < 1.29 is 9.53 Å². The van der Waals surface area contributed by atoms with Crippen LogP contribution in [0.1, 0.15) is 20.8 Å². The van der Waals surface area contributed by atoms with Crippen LogP contribution in [0, 0.1) is 0 Å². The predicted octanol–water partition coefficient (Wildman–Crippen LogP) is 0.847. The Morgan fingerprint density at radius 1 is 1.70 bits per heavy atom. The van der Waals surface area contributed by atoms with E-state index in [1.54, 1.807) is 0 Å². The Kier molecular flexibility index (Phi) is 4.03. The molecule has 10 heavy (non-hydrogen) atoms. The molecule has 0 N–H and O–H groups in total. The molecule has 0 aliphatic rings. The fourth-order valence-electron chi connectivity index (χ4n) is 0.587. The van der Waals surface area contributed by atoms with Crippen molar-refractivity contribution in [2.45, 2.75) is 27.0 Å². The fourth-order valence-corrected chi connectivity index (χ4v) is 0.587. The first kappa shape index (κ1) is 9.43. The molecule has 0 aromatic carbocycles. The first-order valence-corrected chi connectivity index (χ1v) is 3.45. The minimum atomic E-state index is -0.229. The van der Waals surface area contributed by atoms with Crippen LogP contribution in [0.2, 0.25) is 0 Å². The van der Waals surface area contributed by atoms with E-state index >= 15 is 0 Å². The third-order valence-corrected chi connectivity index (χ3v) is 1.46. The van der Waals surface area contributed by atoms with Gasteiger partial charge in [-0.2, -0.15) is 0 Å². The lowest BCUT2D eigenvalue weighted by molar-refractivity contribution is -0.153. The Balaban J connectivity index is 3.61. The van der Waals surface area contributed by atoms with E-state index in [0.717, 1.165) is 6.54 Å². The molecule has 1 unspecified atom stereocenters. The molecule has 0 amide bonds. The molecule has 0 bridgehead atoms. The van der Waals surface area contributed by atoms with E-state index in [9.17, 15) is 4.79 Å². The molecule has 0 radical (unpaired) electrons. The number of esters is 1. The smallest absolute Gasteiger partial charge is 0.304 e. The van der Waals surface area contributed by atoms with E-state index in [2.05, 4.69) is 0 Å². The van der Waals surface area contributed by atoms with Crippen LogP contribution in [0.4, 0.5) is 0 Å². The summed E-state index contributed by atoms with van der Waals surface area (Å²) in [5.74, 6) is -0.229. The topological polar surface area (TPSA) is 29.5 Å². The largest absolute Gasteiger partial charge is 0.447 e. The SMILES string of the molecule is CCN(C)C(C)OC(C)=O. The van der Waals surface area contributed by atoms with Crippen molar-refractivity contribution in [3.8, 4) is 0 Å². The van der Waals surface area contributed by atoms with Crippen LogP contribution < -0.4 is 0 Å². The molecule has 1 atom stereocenters. The molecule has 0 aromatic rings. The minimum Gasteiger partial charge on any atom is -0.447 e. The third-order valence-electron chi connectivity index (χ3n) is 1.46. The lowest BCUT2D eigenvalue weighted by Crippen LogP contribution is -2.32. The van der Waals surface area contributed by atoms with Crippen molar-refractivity contribution in [1.29, 1.82) is 0 Å². The Bertz CT molecular complexity index is 114. The van der Waals surface area contributed by atoms with Gasteiger partial charge < -0.3 is 4.74 Å². The zero-order valence-electron chi connectivity index (χ0n) is 7.05. The average molecular weight is 145 g/mol. The second-order valence-electron chi connectivity index (χ2n) is 2.28. The molecule has 0 fully saturated rings. The number of hydrogen-bond donors (Lipinski definition) is 0. The summed E-state index contributed by atoms with van der Waals surface area (Å²) in [5.41, 5.74) is 0. The van der Waals surface area contributed by atoms with Crippen molar-refractivity contribution in [2.75, 3.05) is 13.6 Å². The Morgan fingerprint density at radius 2 is 2.20 bits per heavy atom. The van der Waals surface area contributed by atoms with E-state index in [0.29, 0.717) is 0 Å². The first-order valence-electron chi connectivity index (χ1n) is 3.45. The van der Waals surface area contributed by atoms with Gasteiger partial charge in [-0.3, -0.25) is 9.69 Å². The number of hydrogen-bond acceptors (Lipinski definition) is 3. The second-order valence-corrected chi connectivity index (χ2v) is 2.28. The molecule has 0 aliphatic heterocycles. The average Bonchev–Trinajstić information content (AvgIpc) is 1.85.